The molecule has 0 radical (unpaired) electrons. The highest BCUT2D eigenvalue weighted by atomic mass is 32.2. The fourth-order valence-corrected chi connectivity index (χ4v) is 4.90. The second-order valence-corrected chi connectivity index (χ2v) is 9.55. The van der Waals surface area contributed by atoms with Gasteiger partial charge in [-0.1, -0.05) is 23.8 Å². The number of urea groups is 1. The number of aryl methyl sites for hydroxylation is 1. The third kappa shape index (κ3) is 4.90. The molecule has 0 bridgehead atoms. The number of benzene rings is 1. The van der Waals surface area contributed by atoms with E-state index in [9.17, 15) is 18.0 Å². The molecule has 10 heteroatoms. The number of pyridine rings is 1. The van der Waals surface area contributed by atoms with Crippen molar-refractivity contribution in [1.29, 1.82) is 0 Å². The maximum Gasteiger partial charge on any atom is 0.334 e. The summed E-state index contributed by atoms with van der Waals surface area (Å²) in [6, 6.07) is 14.1. The van der Waals surface area contributed by atoms with Gasteiger partial charge in [-0.2, -0.15) is 0 Å². The van der Waals surface area contributed by atoms with Crippen LogP contribution in [-0.4, -0.2) is 65.6 Å². The van der Waals surface area contributed by atoms with E-state index in [2.05, 4.69) is 4.98 Å². The summed E-state index contributed by atoms with van der Waals surface area (Å²) in [5, 5.41) is 0. The molecule has 1 saturated heterocycles. The van der Waals surface area contributed by atoms with Crippen LogP contribution in [0.5, 0.6) is 0 Å². The van der Waals surface area contributed by atoms with Crippen LogP contribution in [0.25, 0.3) is 0 Å². The largest absolute Gasteiger partial charge is 0.459 e. The molecule has 0 saturated carbocycles. The van der Waals surface area contributed by atoms with Gasteiger partial charge in [0.15, 0.2) is 5.76 Å². The van der Waals surface area contributed by atoms with Crippen LogP contribution in [0.2, 0.25) is 0 Å². The third-order valence-corrected chi connectivity index (χ3v) is 7.16. The highest BCUT2D eigenvalue weighted by Crippen LogP contribution is 2.21. The van der Waals surface area contributed by atoms with Gasteiger partial charge in [0.25, 0.3) is 15.9 Å². The Balaban J connectivity index is 1.55. The van der Waals surface area contributed by atoms with Gasteiger partial charge in [-0.3, -0.25) is 9.78 Å². The van der Waals surface area contributed by atoms with Crippen LogP contribution in [0.1, 0.15) is 21.8 Å². The Bertz CT molecular complexity index is 1200. The van der Waals surface area contributed by atoms with E-state index in [-0.39, 0.29) is 49.3 Å². The molecule has 3 aromatic rings. The Hall–Kier alpha value is -3.66. The fourth-order valence-electron chi connectivity index (χ4n) is 3.55. The van der Waals surface area contributed by atoms with E-state index in [1.54, 1.807) is 53.6 Å². The summed E-state index contributed by atoms with van der Waals surface area (Å²) < 4.78 is 32.9. The Morgan fingerprint density at radius 2 is 1.67 bits per heavy atom. The summed E-state index contributed by atoms with van der Waals surface area (Å²) in [6.45, 7) is 2.61. The molecule has 4 rings (SSSR count). The van der Waals surface area contributed by atoms with E-state index in [0.29, 0.717) is 5.69 Å². The van der Waals surface area contributed by atoms with Crippen molar-refractivity contribution in [3.8, 4) is 0 Å². The minimum Gasteiger partial charge on any atom is -0.459 e. The van der Waals surface area contributed by atoms with Crippen molar-refractivity contribution in [2.24, 2.45) is 0 Å². The first-order valence-electron chi connectivity index (χ1n) is 10.5. The Morgan fingerprint density at radius 1 is 0.970 bits per heavy atom. The second-order valence-electron chi connectivity index (χ2n) is 7.68. The molecule has 0 unspecified atom stereocenters. The quantitative estimate of drug-likeness (QED) is 0.570. The molecule has 0 atom stereocenters. The lowest BCUT2D eigenvalue weighted by atomic mass is 10.2. The monoisotopic (exact) mass is 468 g/mol. The zero-order valence-corrected chi connectivity index (χ0v) is 18.9. The SMILES string of the molecule is Cc1ccc(S(=O)(=O)N(Cc2ccccn2)C(=O)N2CCN(C(=O)c3ccco3)CC2)cc1. The lowest BCUT2D eigenvalue weighted by molar-refractivity contribution is 0.0623. The number of piperazine rings is 1. The molecule has 172 valence electrons. The molecule has 3 heterocycles. The first-order valence-corrected chi connectivity index (χ1v) is 11.9. The number of amides is 3. The zero-order valence-electron chi connectivity index (χ0n) is 18.1. The van der Waals surface area contributed by atoms with Crippen LogP contribution in [-0.2, 0) is 16.6 Å². The minimum absolute atomic E-state index is 0.0315. The molecular weight excluding hydrogens is 444 g/mol. The van der Waals surface area contributed by atoms with Gasteiger partial charge in [0, 0.05) is 32.4 Å². The molecule has 1 aliphatic rings. The Labute approximate surface area is 192 Å². The number of nitrogens with zero attached hydrogens (tertiary/aromatic N) is 4. The molecule has 2 aromatic heterocycles. The van der Waals surface area contributed by atoms with Gasteiger partial charge < -0.3 is 14.2 Å². The minimum atomic E-state index is -4.12. The van der Waals surface area contributed by atoms with Gasteiger partial charge in [0.2, 0.25) is 0 Å². The number of rotatable bonds is 5. The van der Waals surface area contributed by atoms with Crippen molar-refractivity contribution >= 4 is 22.0 Å². The number of carbonyl (C=O) groups excluding carboxylic acids is 2. The number of sulfonamides is 1. The van der Waals surface area contributed by atoms with E-state index in [1.807, 2.05) is 6.92 Å². The summed E-state index contributed by atoms with van der Waals surface area (Å²) in [5.41, 5.74) is 1.36. The summed E-state index contributed by atoms with van der Waals surface area (Å²) in [4.78, 5) is 33.2. The van der Waals surface area contributed by atoms with E-state index >= 15 is 0 Å². The average Bonchev–Trinajstić information content (AvgIpc) is 3.38. The predicted octanol–water partition coefficient (Wildman–Crippen LogP) is 2.75. The molecule has 33 heavy (non-hydrogen) atoms. The topological polar surface area (TPSA) is 104 Å². The maximum atomic E-state index is 13.4. The highest BCUT2D eigenvalue weighted by Gasteiger charge is 2.35. The lowest BCUT2D eigenvalue weighted by Crippen LogP contribution is -2.54. The van der Waals surface area contributed by atoms with E-state index in [1.165, 1.54) is 23.3 Å². The zero-order chi connectivity index (χ0) is 23.4. The molecule has 0 N–H and O–H groups in total. The maximum absolute atomic E-state index is 13.4. The van der Waals surface area contributed by atoms with E-state index in [0.717, 1.165) is 9.87 Å². The van der Waals surface area contributed by atoms with Crippen molar-refractivity contribution in [2.75, 3.05) is 26.2 Å². The number of hydrogen-bond acceptors (Lipinski definition) is 6. The molecular formula is C23H24N4O5S. The summed E-state index contributed by atoms with van der Waals surface area (Å²) >= 11 is 0. The van der Waals surface area contributed by atoms with E-state index < -0.39 is 16.1 Å². The molecule has 9 nitrogen and oxygen atoms in total. The lowest BCUT2D eigenvalue weighted by Gasteiger charge is -2.36. The van der Waals surface area contributed by atoms with Crippen molar-refractivity contribution in [3.05, 3.63) is 84.1 Å². The molecule has 0 aliphatic carbocycles. The Kier molecular flexibility index (Phi) is 6.45. The smallest absolute Gasteiger partial charge is 0.334 e. The number of hydrogen-bond donors (Lipinski definition) is 0. The number of furan rings is 1. The van der Waals surface area contributed by atoms with Gasteiger partial charge >= 0.3 is 6.03 Å². The van der Waals surface area contributed by atoms with Crippen LogP contribution >= 0.6 is 0 Å². The van der Waals surface area contributed by atoms with Gasteiger partial charge in [-0.15, -0.1) is 0 Å². The third-order valence-electron chi connectivity index (χ3n) is 5.42. The standard InChI is InChI=1S/C23H24N4O5S/c1-18-7-9-20(10-8-18)33(30,31)27(17-19-5-2-3-11-24-19)23(29)26-14-12-25(13-15-26)22(28)21-6-4-16-32-21/h2-11,16H,12-15,17H2,1H3. The molecule has 1 fully saturated rings. The summed E-state index contributed by atoms with van der Waals surface area (Å²) in [6.07, 6.45) is 2.98. The van der Waals surface area contributed by atoms with Crippen molar-refractivity contribution in [2.45, 2.75) is 18.4 Å². The molecule has 1 aromatic carbocycles. The van der Waals surface area contributed by atoms with Crippen molar-refractivity contribution in [3.63, 3.8) is 0 Å². The molecule has 3 amide bonds. The van der Waals surface area contributed by atoms with Crippen LogP contribution in [0.15, 0.2) is 76.4 Å². The normalized spacial score (nSPS) is 14.2. The van der Waals surface area contributed by atoms with Crippen molar-refractivity contribution in [1.82, 2.24) is 19.1 Å². The van der Waals surface area contributed by atoms with E-state index in [4.69, 9.17) is 4.42 Å². The van der Waals surface area contributed by atoms with Gasteiger partial charge in [-0.25, -0.2) is 17.5 Å². The van der Waals surface area contributed by atoms with Crippen LogP contribution in [0, 0.1) is 6.92 Å². The molecule has 0 spiro atoms. The fraction of sp³-hybridized carbons (Fsp3) is 0.261. The first kappa shape index (κ1) is 22.5. The van der Waals surface area contributed by atoms with Gasteiger partial charge in [-0.05, 0) is 43.3 Å². The average molecular weight is 469 g/mol. The van der Waals surface area contributed by atoms with Gasteiger partial charge in [0.1, 0.15) is 0 Å². The van der Waals surface area contributed by atoms with Crippen LogP contribution < -0.4 is 0 Å². The van der Waals surface area contributed by atoms with Crippen LogP contribution in [0.3, 0.4) is 0 Å². The highest BCUT2D eigenvalue weighted by molar-refractivity contribution is 7.89. The van der Waals surface area contributed by atoms with Crippen LogP contribution in [0.4, 0.5) is 4.79 Å². The van der Waals surface area contributed by atoms with Gasteiger partial charge in [0.05, 0.1) is 23.4 Å². The second kappa shape index (κ2) is 9.45. The number of aromatic nitrogens is 1. The first-order chi connectivity index (χ1) is 15.9. The molecule has 1 aliphatic heterocycles. The summed E-state index contributed by atoms with van der Waals surface area (Å²) in [7, 11) is -4.12. The summed E-state index contributed by atoms with van der Waals surface area (Å²) in [5.74, 6) is -0.0294. The predicted molar refractivity (Wildman–Crippen MR) is 120 cm³/mol. The Morgan fingerprint density at radius 3 is 2.27 bits per heavy atom. The number of carbonyl (C=O) groups is 2. The van der Waals surface area contributed by atoms with Crippen molar-refractivity contribution < 1.29 is 22.4 Å².